The van der Waals surface area contributed by atoms with Gasteiger partial charge in [0.05, 0.1) is 12.7 Å². The molecule has 1 aliphatic rings. The molecule has 2 heterocycles. The molecule has 0 bridgehead atoms. The van der Waals surface area contributed by atoms with Crippen molar-refractivity contribution < 1.29 is 13.2 Å². The Morgan fingerprint density at radius 3 is 3.05 bits per heavy atom. The normalized spacial score (nSPS) is 21.2. The van der Waals surface area contributed by atoms with Gasteiger partial charge < -0.3 is 15.0 Å². The van der Waals surface area contributed by atoms with E-state index >= 15 is 0 Å². The molecule has 6 nitrogen and oxygen atoms in total. The Hall–Kier alpha value is -0.510. The molecule has 1 aromatic rings. The molecule has 1 aromatic heterocycles. The van der Waals surface area contributed by atoms with Crippen molar-refractivity contribution >= 4 is 21.4 Å². The third-order valence-electron chi connectivity index (χ3n) is 3.12. The van der Waals surface area contributed by atoms with Gasteiger partial charge in [-0.2, -0.15) is 0 Å². The fraction of sp³-hybridized carbons (Fsp3) is 0.667. The number of morpholine rings is 1. The summed E-state index contributed by atoms with van der Waals surface area (Å²) in [7, 11) is 0.409. The van der Waals surface area contributed by atoms with Crippen LogP contribution in [0.15, 0.2) is 15.7 Å². The number of thiophene rings is 1. The summed E-state index contributed by atoms with van der Waals surface area (Å²) in [6.45, 7) is 3.27. The van der Waals surface area contributed by atoms with Crippen molar-refractivity contribution in [3.05, 3.63) is 17.0 Å². The molecule has 114 valence electrons. The second kappa shape index (κ2) is 6.97. The highest BCUT2D eigenvalue weighted by atomic mass is 32.2. The van der Waals surface area contributed by atoms with Crippen LogP contribution in [-0.2, 0) is 21.3 Å². The van der Waals surface area contributed by atoms with Gasteiger partial charge in [0.15, 0.2) is 0 Å². The van der Waals surface area contributed by atoms with Gasteiger partial charge in [-0.1, -0.05) is 0 Å². The van der Waals surface area contributed by atoms with E-state index in [-0.39, 0.29) is 6.10 Å². The van der Waals surface area contributed by atoms with E-state index in [2.05, 4.69) is 14.9 Å². The third-order valence-corrected chi connectivity index (χ3v) is 6.03. The molecule has 0 aromatic carbocycles. The Morgan fingerprint density at radius 2 is 2.35 bits per heavy atom. The lowest BCUT2D eigenvalue weighted by Gasteiger charge is -2.29. The van der Waals surface area contributed by atoms with E-state index in [4.69, 9.17) is 4.74 Å². The Kier molecular flexibility index (Phi) is 5.53. The lowest BCUT2D eigenvalue weighted by Crippen LogP contribution is -2.45. The summed E-state index contributed by atoms with van der Waals surface area (Å²) in [5.74, 6) is 0. The zero-order valence-electron chi connectivity index (χ0n) is 11.8. The van der Waals surface area contributed by atoms with Gasteiger partial charge in [-0.3, -0.25) is 0 Å². The maximum atomic E-state index is 12.2. The molecule has 2 N–H and O–H groups in total. The molecular weight excluding hydrogens is 298 g/mol. The molecule has 0 amide bonds. The first kappa shape index (κ1) is 15.9. The van der Waals surface area contributed by atoms with Crippen LogP contribution in [0.2, 0.25) is 0 Å². The van der Waals surface area contributed by atoms with Crippen LogP contribution in [0.4, 0.5) is 0 Å². The van der Waals surface area contributed by atoms with E-state index in [0.717, 1.165) is 18.7 Å². The van der Waals surface area contributed by atoms with E-state index in [1.165, 1.54) is 11.3 Å². The minimum absolute atomic E-state index is 0.0831. The quantitative estimate of drug-likeness (QED) is 0.777. The minimum atomic E-state index is -3.43. The van der Waals surface area contributed by atoms with Gasteiger partial charge in [0.1, 0.15) is 4.21 Å². The fourth-order valence-electron chi connectivity index (χ4n) is 2.06. The van der Waals surface area contributed by atoms with Gasteiger partial charge in [0.25, 0.3) is 0 Å². The number of sulfonamides is 1. The summed E-state index contributed by atoms with van der Waals surface area (Å²) in [5.41, 5.74) is 0.978. The SMILES string of the molecule is CNCc1csc(S(=O)(=O)NCC2CN(C)CCO2)c1. The van der Waals surface area contributed by atoms with E-state index in [1.54, 1.807) is 6.07 Å². The Balaban J connectivity index is 1.92. The van der Waals surface area contributed by atoms with Gasteiger partial charge in [0.2, 0.25) is 10.0 Å². The largest absolute Gasteiger partial charge is 0.374 e. The van der Waals surface area contributed by atoms with Crippen molar-refractivity contribution in [3.63, 3.8) is 0 Å². The standard InChI is InChI=1S/C12H21N3O3S2/c1-13-6-10-5-12(19-9-10)20(16,17)14-7-11-8-15(2)3-4-18-11/h5,9,11,13-14H,3-4,6-8H2,1-2H3. The number of rotatable bonds is 6. The lowest BCUT2D eigenvalue weighted by atomic mass is 10.3. The van der Waals surface area contributed by atoms with Gasteiger partial charge >= 0.3 is 0 Å². The average molecular weight is 319 g/mol. The molecule has 0 radical (unpaired) electrons. The minimum Gasteiger partial charge on any atom is -0.374 e. The van der Waals surface area contributed by atoms with Crippen LogP contribution in [0.25, 0.3) is 0 Å². The van der Waals surface area contributed by atoms with Crippen LogP contribution in [0.3, 0.4) is 0 Å². The second-order valence-electron chi connectivity index (χ2n) is 4.91. The predicted molar refractivity (Wildman–Crippen MR) is 79.5 cm³/mol. The summed E-state index contributed by atoms with van der Waals surface area (Å²) in [6, 6.07) is 1.71. The summed E-state index contributed by atoms with van der Waals surface area (Å²) in [4.78, 5) is 2.14. The summed E-state index contributed by atoms with van der Waals surface area (Å²) in [5, 5.41) is 4.86. The molecule has 1 saturated heterocycles. The Morgan fingerprint density at radius 1 is 1.55 bits per heavy atom. The number of hydrogen-bond acceptors (Lipinski definition) is 6. The summed E-state index contributed by atoms with van der Waals surface area (Å²) in [6.07, 6.45) is -0.0831. The van der Waals surface area contributed by atoms with Gasteiger partial charge in [-0.25, -0.2) is 13.1 Å². The highest BCUT2D eigenvalue weighted by molar-refractivity contribution is 7.91. The molecule has 8 heteroatoms. The third kappa shape index (κ3) is 4.24. The second-order valence-corrected chi connectivity index (χ2v) is 7.82. The first-order valence-corrected chi connectivity index (χ1v) is 8.89. The molecule has 0 aliphatic carbocycles. The monoisotopic (exact) mass is 319 g/mol. The molecule has 1 aliphatic heterocycles. The maximum absolute atomic E-state index is 12.2. The Bertz CT molecular complexity index is 530. The maximum Gasteiger partial charge on any atom is 0.250 e. The average Bonchev–Trinajstić information content (AvgIpc) is 2.87. The van der Waals surface area contributed by atoms with Crippen molar-refractivity contribution in [3.8, 4) is 0 Å². The van der Waals surface area contributed by atoms with Gasteiger partial charge in [0, 0.05) is 26.2 Å². The van der Waals surface area contributed by atoms with Gasteiger partial charge in [-0.05, 0) is 31.1 Å². The van der Waals surface area contributed by atoms with Crippen molar-refractivity contribution in [2.24, 2.45) is 0 Å². The topological polar surface area (TPSA) is 70.7 Å². The number of hydrogen-bond donors (Lipinski definition) is 2. The molecule has 1 atom stereocenters. The number of likely N-dealkylation sites (N-methyl/N-ethyl adjacent to an activating group) is 1. The smallest absolute Gasteiger partial charge is 0.250 e. The first-order valence-electron chi connectivity index (χ1n) is 6.53. The fourth-order valence-corrected chi connectivity index (χ4v) is 4.38. The van der Waals surface area contributed by atoms with Crippen LogP contribution in [-0.4, -0.2) is 59.8 Å². The molecule has 2 rings (SSSR count). The highest BCUT2D eigenvalue weighted by Gasteiger charge is 2.22. The van der Waals surface area contributed by atoms with Crippen molar-refractivity contribution in [2.45, 2.75) is 16.9 Å². The molecule has 0 spiro atoms. The summed E-state index contributed by atoms with van der Waals surface area (Å²) >= 11 is 1.24. The molecule has 0 saturated carbocycles. The highest BCUT2D eigenvalue weighted by Crippen LogP contribution is 2.20. The van der Waals surface area contributed by atoms with E-state index in [1.807, 2.05) is 19.5 Å². The van der Waals surface area contributed by atoms with E-state index in [0.29, 0.717) is 23.9 Å². The Labute approximate surface area is 124 Å². The first-order chi connectivity index (χ1) is 9.51. The van der Waals surface area contributed by atoms with E-state index < -0.39 is 10.0 Å². The van der Waals surface area contributed by atoms with Crippen molar-refractivity contribution in [1.29, 1.82) is 0 Å². The number of ether oxygens (including phenoxy) is 1. The van der Waals surface area contributed by atoms with Crippen molar-refractivity contribution in [2.75, 3.05) is 40.3 Å². The molecule has 20 heavy (non-hydrogen) atoms. The van der Waals surface area contributed by atoms with Crippen LogP contribution in [0.5, 0.6) is 0 Å². The zero-order valence-corrected chi connectivity index (χ0v) is 13.4. The van der Waals surface area contributed by atoms with E-state index in [9.17, 15) is 8.42 Å². The van der Waals surface area contributed by atoms with Crippen LogP contribution in [0, 0.1) is 0 Å². The summed E-state index contributed by atoms with van der Waals surface area (Å²) < 4.78 is 32.9. The molecular formula is C12H21N3O3S2. The number of nitrogens with one attached hydrogen (secondary N) is 2. The zero-order chi connectivity index (χ0) is 14.6. The number of nitrogens with zero attached hydrogens (tertiary/aromatic N) is 1. The van der Waals surface area contributed by atoms with Gasteiger partial charge in [-0.15, -0.1) is 11.3 Å². The van der Waals surface area contributed by atoms with Crippen LogP contribution in [0.1, 0.15) is 5.56 Å². The molecule has 1 fully saturated rings. The lowest BCUT2D eigenvalue weighted by molar-refractivity contribution is -0.0156. The molecule has 1 unspecified atom stereocenters. The van der Waals surface area contributed by atoms with Crippen molar-refractivity contribution in [1.82, 2.24) is 14.9 Å². The van der Waals surface area contributed by atoms with Crippen LogP contribution < -0.4 is 10.0 Å². The predicted octanol–water partition coefficient (Wildman–Crippen LogP) is 0.0764. The van der Waals surface area contributed by atoms with Crippen LogP contribution >= 0.6 is 11.3 Å².